The first-order chi connectivity index (χ1) is 15.8. The van der Waals surface area contributed by atoms with E-state index in [1.54, 1.807) is 4.90 Å². The van der Waals surface area contributed by atoms with E-state index < -0.39 is 11.6 Å². The van der Waals surface area contributed by atoms with Gasteiger partial charge >= 0.3 is 0 Å². The Kier molecular flexibility index (Phi) is 6.97. The molecule has 0 bridgehead atoms. The zero-order chi connectivity index (χ0) is 23.5. The van der Waals surface area contributed by atoms with Crippen LogP contribution < -0.4 is 4.74 Å². The van der Waals surface area contributed by atoms with Gasteiger partial charge in [0.15, 0.2) is 16.7 Å². The minimum absolute atomic E-state index is 0.0135. The van der Waals surface area contributed by atoms with Crippen LogP contribution in [0.15, 0.2) is 41.6 Å². The maximum atomic E-state index is 13.8. The summed E-state index contributed by atoms with van der Waals surface area (Å²) in [5.41, 5.74) is 3.26. The lowest BCUT2D eigenvalue weighted by Gasteiger charge is -2.32. The van der Waals surface area contributed by atoms with Crippen molar-refractivity contribution in [2.24, 2.45) is 0 Å². The van der Waals surface area contributed by atoms with Gasteiger partial charge in [0.2, 0.25) is 5.91 Å². The number of carbonyl (C=O) groups is 1. The van der Waals surface area contributed by atoms with E-state index in [2.05, 4.69) is 28.4 Å². The van der Waals surface area contributed by atoms with Gasteiger partial charge in [0.25, 0.3) is 0 Å². The lowest BCUT2D eigenvalue weighted by Crippen LogP contribution is -2.42. The van der Waals surface area contributed by atoms with Gasteiger partial charge in [0, 0.05) is 32.0 Å². The third-order valence-electron chi connectivity index (χ3n) is 5.71. The monoisotopic (exact) mass is 472 g/mol. The first-order valence-electron chi connectivity index (χ1n) is 10.8. The van der Waals surface area contributed by atoms with Gasteiger partial charge in [-0.15, -0.1) is 10.2 Å². The first-order valence-corrected chi connectivity index (χ1v) is 11.8. The summed E-state index contributed by atoms with van der Waals surface area (Å²) in [5.74, 6) is -0.280. The Labute approximate surface area is 196 Å². The van der Waals surface area contributed by atoms with Gasteiger partial charge in [-0.3, -0.25) is 9.36 Å². The summed E-state index contributed by atoms with van der Waals surface area (Å²) in [6.45, 7) is 7.02. The van der Waals surface area contributed by atoms with Crippen LogP contribution in [0.2, 0.25) is 0 Å². The fraction of sp³-hybridized carbons (Fsp3) is 0.375. The highest BCUT2D eigenvalue weighted by atomic mass is 32.2. The van der Waals surface area contributed by atoms with Crippen LogP contribution in [0.5, 0.6) is 5.75 Å². The maximum Gasteiger partial charge on any atom is 0.233 e. The molecule has 4 rings (SSSR count). The van der Waals surface area contributed by atoms with Crippen molar-refractivity contribution in [3.05, 3.63) is 65.0 Å². The van der Waals surface area contributed by atoms with Gasteiger partial charge in [-0.1, -0.05) is 23.9 Å². The zero-order valence-electron chi connectivity index (χ0n) is 18.8. The standard InChI is InChI=1S/C24H26F2N4O2S/c1-15-4-5-16(2)21(12-15)30-17(3)27-28-24(30)33-14-23(31)29-10-8-19(9-11-29)32-22-7-6-18(25)13-20(22)26/h4-7,12-13,19H,8-11,14H2,1-3H3. The summed E-state index contributed by atoms with van der Waals surface area (Å²) in [4.78, 5) is 14.6. The summed E-state index contributed by atoms with van der Waals surface area (Å²) >= 11 is 1.37. The molecule has 2 aromatic carbocycles. The third kappa shape index (κ3) is 5.35. The molecular weight excluding hydrogens is 446 g/mol. The molecule has 1 aliphatic heterocycles. The van der Waals surface area contributed by atoms with Gasteiger partial charge in [0.05, 0.1) is 11.4 Å². The van der Waals surface area contributed by atoms with E-state index in [1.165, 1.54) is 23.9 Å². The van der Waals surface area contributed by atoms with E-state index in [9.17, 15) is 13.6 Å². The van der Waals surface area contributed by atoms with Crippen LogP contribution >= 0.6 is 11.8 Å². The summed E-state index contributed by atoms with van der Waals surface area (Å²) < 4.78 is 34.6. The van der Waals surface area contributed by atoms with Crippen molar-refractivity contribution in [3.8, 4) is 11.4 Å². The number of carbonyl (C=O) groups excluding carboxylic acids is 1. The van der Waals surface area contributed by atoms with Crippen molar-refractivity contribution in [2.75, 3.05) is 18.8 Å². The zero-order valence-corrected chi connectivity index (χ0v) is 19.7. The minimum Gasteiger partial charge on any atom is -0.487 e. The highest BCUT2D eigenvalue weighted by molar-refractivity contribution is 7.99. The molecule has 0 radical (unpaired) electrons. The minimum atomic E-state index is -0.715. The second-order valence-corrected chi connectivity index (χ2v) is 9.16. The smallest absolute Gasteiger partial charge is 0.233 e. The molecule has 1 saturated heterocycles. The van der Waals surface area contributed by atoms with Gasteiger partial charge in [-0.25, -0.2) is 8.78 Å². The van der Waals surface area contributed by atoms with E-state index in [1.807, 2.05) is 25.3 Å². The molecule has 0 N–H and O–H groups in total. The number of nitrogens with zero attached hydrogens (tertiary/aromatic N) is 4. The number of benzene rings is 2. The third-order valence-corrected chi connectivity index (χ3v) is 6.62. The molecule has 174 valence electrons. The molecule has 9 heteroatoms. The van der Waals surface area contributed by atoms with E-state index in [4.69, 9.17) is 4.74 Å². The number of ether oxygens (including phenoxy) is 1. The number of rotatable bonds is 6. The van der Waals surface area contributed by atoms with Crippen LogP contribution in [-0.2, 0) is 4.79 Å². The quantitative estimate of drug-likeness (QED) is 0.490. The Morgan fingerprint density at radius 1 is 1.09 bits per heavy atom. The summed E-state index contributed by atoms with van der Waals surface area (Å²) in [7, 11) is 0. The number of hydrogen-bond donors (Lipinski definition) is 0. The van der Waals surface area contributed by atoms with Crippen LogP contribution in [0, 0.1) is 32.4 Å². The molecule has 1 fully saturated rings. The number of halogens is 2. The Morgan fingerprint density at radius 2 is 1.85 bits per heavy atom. The van der Waals surface area contributed by atoms with Crippen LogP contribution in [-0.4, -0.2) is 50.5 Å². The second-order valence-electron chi connectivity index (χ2n) is 8.22. The van der Waals surface area contributed by atoms with Gasteiger partial charge in [0.1, 0.15) is 17.7 Å². The van der Waals surface area contributed by atoms with Gasteiger partial charge < -0.3 is 9.64 Å². The molecule has 2 heterocycles. The second kappa shape index (κ2) is 9.91. The molecule has 0 atom stereocenters. The van der Waals surface area contributed by atoms with Gasteiger partial charge in [-0.2, -0.15) is 0 Å². The summed E-state index contributed by atoms with van der Waals surface area (Å²) in [5, 5.41) is 9.17. The van der Waals surface area contributed by atoms with Crippen molar-refractivity contribution < 1.29 is 18.3 Å². The Morgan fingerprint density at radius 3 is 2.58 bits per heavy atom. The molecule has 0 spiro atoms. The van der Waals surface area contributed by atoms with E-state index in [0.717, 1.165) is 28.7 Å². The van der Waals surface area contributed by atoms with Crippen molar-refractivity contribution >= 4 is 17.7 Å². The molecular formula is C24H26F2N4O2S. The summed E-state index contributed by atoms with van der Waals surface area (Å²) in [6, 6.07) is 9.50. The molecule has 1 aliphatic rings. The predicted octanol–water partition coefficient (Wildman–Crippen LogP) is 4.63. The van der Waals surface area contributed by atoms with Crippen molar-refractivity contribution in [1.82, 2.24) is 19.7 Å². The van der Waals surface area contributed by atoms with Crippen molar-refractivity contribution in [3.63, 3.8) is 0 Å². The number of hydrogen-bond acceptors (Lipinski definition) is 5. The highest BCUT2D eigenvalue weighted by Crippen LogP contribution is 2.26. The van der Waals surface area contributed by atoms with E-state index >= 15 is 0 Å². The largest absolute Gasteiger partial charge is 0.487 e. The number of likely N-dealkylation sites (tertiary alicyclic amines) is 1. The lowest BCUT2D eigenvalue weighted by atomic mass is 10.1. The van der Waals surface area contributed by atoms with Crippen LogP contribution in [0.25, 0.3) is 5.69 Å². The van der Waals surface area contributed by atoms with Crippen LogP contribution in [0.3, 0.4) is 0 Å². The molecule has 0 aliphatic carbocycles. The van der Waals surface area contributed by atoms with E-state index in [0.29, 0.717) is 31.1 Å². The summed E-state index contributed by atoms with van der Waals surface area (Å²) in [6.07, 6.45) is 0.965. The van der Waals surface area contributed by atoms with Crippen LogP contribution in [0.4, 0.5) is 8.78 Å². The molecule has 3 aromatic rings. The number of thioether (sulfide) groups is 1. The molecule has 1 aromatic heterocycles. The normalized spacial score (nSPS) is 14.5. The molecule has 0 saturated carbocycles. The molecule has 0 unspecified atom stereocenters. The van der Waals surface area contributed by atoms with Crippen molar-refractivity contribution in [1.29, 1.82) is 0 Å². The average Bonchev–Trinajstić information content (AvgIpc) is 3.16. The van der Waals surface area contributed by atoms with Gasteiger partial charge in [-0.05, 0) is 50.1 Å². The Balaban J connectivity index is 1.34. The molecule has 1 amide bonds. The fourth-order valence-electron chi connectivity index (χ4n) is 3.87. The fourth-order valence-corrected chi connectivity index (χ4v) is 4.76. The topological polar surface area (TPSA) is 60.2 Å². The predicted molar refractivity (Wildman–Crippen MR) is 123 cm³/mol. The average molecular weight is 473 g/mol. The first kappa shape index (κ1) is 23.2. The Bertz CT molecular complexity index is 1160. The van der Waals surface area contributed by atoms with Crippen molar-refractivity contribution in [2.45, 2.75) is 44.9 Å². The number of aryl methyl sites for hydroxylation is 3. The SMILES string of the molecule is Cc1ccc(C)c(-n2c(C)nnc2SCC(=O)N2CCC(Oc3ccc(F)cc3F)CC2)c1. The highest BCUT2D eigenvalue weighted by Gasteiger charge is 2.25. The lowest BCUT2D eigenvalue weighted by molar-refractivity contribution is -0.130. The molecule has 6 nitrogen and oxygen atoms in total. The number of amides is 1. The molecule has 33 heavy (non-hydrogen) atoms. The number of aromatic nitrogens is 3. The van der Waals surface area contributed by atoms with E-state index in [-0.39, 0.29) is 23.5 Å². The Hall–Kier alpha value is -2.94. The van der Waals surface area contributed by atoms with Crippen LogP contribution in [0.1, 0.15) is 29.8 Å². The number of piperidine rings is 1. The maximum absolute atomic E-state index is 13.8.